The molecule has 0 fully saturated rings. The molecule has 0 aliphatic heterocycles. The maximum atomic E-state index is 12.9. The fourth-order valence-electron chi connectivity index (χ4n) is 2.84. The van der Waals surface area contributed by atoms with Gasteiger partial charge in [0.15, 0.2) is 0 Å². The molecule has 15 nitrogen and oxygen atoms in total. The minimum atomic E-state index is -1.47. The summed E-state index contributed by atoms with van der Waals surface area (Å²) in [6, 6.07) is -5.55. The molecule has 202 valence electrons. The third kappa shape index (κ3) is 13.9. The van der Waals surface area contributed by atoms with E-state index in [4.69, 9.17) is 15.9 Å². The highest BCUT2D eigenvalue weighted by Gasteiger charge is 2.31. The van der Waals surface area contributed by atoms with E-state index in [0.717, 1.165) is 6.92 Å². The van der Waals surface area contributed by atoms with Gasteiger partial charge in [-0.15, -0.1) is 0 Å². The molecule has 8 N–H and O–H groups in total. The lowest BCUT2D eigenvalue weighted by Crippen LogP contribution is -2.57. The van der Waals surface area contributed by atoms with Gasteiger partial charge >= 0.3 is 11.9 Å². The highest BCUT2D eigenvalue weighted by molar-refractivity contribution is 7.98. The van der Waals surface area contributed by atoms with Crippen LogP contribution in [0.1, 0.15) is 39.0 Å². The van der Waals surface area contributed by atoms with E-state index in [1.165, 1.54) is 11.8 Å². The Labute approximate surface area is 210 Å². The third-order valence-electron chi connectivity index (χ3n) is 4.52. The van der Waals surface area contributed by atoms with Gasteiger partial charge in [0.2, 0.25) is 29.5 Å². The Morgan fingerprint density at radius 3 is 1.75 bits per heavy atom. The summed E-state index contributed by atoms with van der Waals surface area (Å²) in [6.45, 7) is 1.08. The molecular formula is C20H31N5O10S. The molecule has 16 heteroatoms. The van der Waals surface area contributed by atoms with Crippen molar-refractivity contribution in [3.8, 4) is 0 Å². The molecule has 0 rings (SSSR count). The summed E-state index contributed by atoms with van der Waals surface area (Å²) >= 11 is 1.33. The van der Waals surface area contributed by atoms with E-state index in [9.17, 15) is 38.4 Å². The number of carboxylic acid groups (broad SMARTS) is 2. The molecule has 0 saturated heterocycles. The first-order valence-electron chi connectivity index (χ1n) is 10.6. The molecule has 0 aromatic heterocycles. The van der Waals surface area contributed by atoms with Gasteiger partial charge in [0.1, 0.15) is 24.4 Å². The third-order valence-corrected chi connectivity index (χ3v) is 5.16. The Morgan fingerprint density at radius 1 is 0.806 bits per heavy atom. The fourth-order valence-corrected chi connectivity index (χ4v) is 3.31. The maximum absolute atomic E-state index is 12.9. The molecule has 0 aliphatic rings. The average molecular weight is 534 g/mol. The van der Waals surface area contributed by atoms with Crippen LogP contribution in [0.15, 0.2) is 0 Å². The van der Waals surface area contributed by atoms with Crippen molar-refractivity contribution in [1.82, 2.24) is 21.3 Å². The lowest BCUT2D eigenvalue weighted by Gasteiger charge is -2.25. The first-order valence-corrected chi connectivity index (χ1v) is 12.0. The first kappa shape index (κ1) is 32.3. The highest BCUT2D eigenvalue weighted by atomic mass is 32.2. The van der Waals surface area contributed by atoms with E-state index in [2.05, 4.69) is 21.3 Å². The van der Waals surface area contributed by atoms with Crippen LogP contribution in [0, 0.1) is 0 Å². The van der Waals surface area contributed by atoms with Gasteiger partial charge in [-0.3, -0.25) is 33.6 Å². The van der Waals surface area contributed by atoms with Crippen LogP contribution in [0.2, 0.25) is 0 Å². The summed E-state index contributed by atoms with van der Waals surface area (Å²) in [4.78, 5) is 93.7. The minimum Gasteiger partial charge on any atom is -0.481 e. The Kier molecular flexibility index (Phi) is 15.1. The largest absolute Gasteiger partial charge is 0.481 e. The van der Waals surface area contributed by atoms with E-state index >= 15 is 0 Å². The second-order valence-corrected chi connectivity index (χ2v) is 8.59. The molecule has 5 amide bonds. The van der Waals surface area contributed by atoms with E-state index in [1.54, 1.807) is 6.26 Å². The number of aldehydes is 1. The van der Waals surface area contributed by atoms with Crippen molar-refractivity contribution < 1.29 is 48.6 Å². The number of carboxylic acids is 2. The summed E-state index contributed by atoms with van der Waals surface area (Å²) in [5.41, 5.74) is 5.11. The topological polar surface area (TPSA) is 251 Å². The second kappa shape index (κ2) is 16.9. The molecule has 4 atom stereocenters. The van der Waals surface area contributed by atoms with Crippen molar-refractivity contribution in [3.63, 3.8) is 0 Å². The highest BCUT2D eigenvalue weighted by Crippen LogP contribution is 2.06. The second-order valence-electron chi connectivity index (χ2n) is 7.61. The number of nitrogens with one attached hydrogen (secondary N) is 4. The number of hydrogen-bond acceptors (Lipinski definition) is 9. The number of aliphatic carboxylic acids is 2. The van der Waals surface area contributed by atoms with Crippen molar-refractivity contribution in [1.29, 1.82) is 0 Å². The number of hydrogen-bond donors (Lipinski definition) is 7. The van der Waals surface area contributed by atoms with Crippen molar-refractivity contribution in [2.24, 2.45) is 5.73 Å². The van der Waals surface area contributed by atoms with Gasteiger partial charge in [0.05, 0.1) is 18.9 Å². The van der Waals surface area contributed by atoms with Gasteiger partial charge in [-0.1, -0.05) is 0 Å². The van der Waals surface area contributed by atoms with Gasteiger partial charge in [-0.05, 0) is 24.9 Å². The molecule has 0 radical (unpaired) electrons. The van der Waals surface area contributed by atoms with E-state index in [0.29, 0.717) is 5.75 Å². The fraction of sp³-hybridized carbons (Fsp3) is 0.600. The quantitative estimate of drug-likeness (QED) is 0.0880. The zero-order valence-electron chi connectivity index (χ0n) is 19.8. The SMILES string of the molecule is CSCC[C@H](NC(=O)[C@H](CC(=O)O)NC(C)=O)C(=O)N[C@@H](CCC(N)=O)C(=O)N[C@H](C=O)CC(=O)O. The Balaban J connectivity index is 5.68. The minimum absolute atomic E-state index is 0.0543. The van der Waals surface area contributed by atoms with Gasteiger partial charge < -0.3 is 42.0 Å². The standard InChI is InChI=1S/C20H31N5O10S/c1-10(27)22-14(8-17(31)32)20(35)25-13(5-6-36-2)19(34)24-12(3-4-15(21)28)18(33)23-11(9-26)7-16(29)30/h9,11-14H,3-8H2,1-2H3,(H2,21,28)(H,22,27)(H,23,33)(H,24,34)(H,25,35)(H,29,30)(H,31,32)/t11-,12-,13-,14-/m0/s1. The number of carbonyl (C=O) groups excluding carboxylic acids is 6. The Hall–Kier alpha value is -3.69. The summed E-state index contributed by atoms with van der Waals surface area (Å²) in [5, 5.41) is 26.9. The van der Waals surface area contributed by atoms with Crippen LogP contribution >= 0.6 is 11.8 Å². The number of carbonyl (C=O) groups is 8. The lowest BCUT2D eigenvalue weighted by atomic mass is 10.1. The molecule has 0 aromatic carbocycles. The number of primary amides is 1. The zero-order valence-corrected chi connectivity index (χ0v) is 20.6. The van der Waals surface area contributed by atoms with Crippen LogP contribution in [-0.4, -0.2) is 94.1 Å². The van der Waals surface area contributed by atoms with Crippen LogP contribution in [-0.2, 0) is 38.4 Å². The summed E-state index contributed by atoms with van der Waals surface area (Å²) < 4.78 is 0. The molecule has 0 heterocycles. The van der Waals surface area contributed by atoms with E-state index in [1.807, 2.05) is 0 Å². The van der Waals surface area contributed by atoms with Crippen LogP contribution in [0.25, 0.3) is 0 Å². The molecule has 0 unspecified atom stereocenters. The normalized spacial score (nSPS) is 13.7. The molecule has 0 bridgehead atoms. The number of amides is 5. The summed E-state index contributed by atoms with van der Waals surface area (Å²) in [6.07, 6.45) is -0.110. The monoisotopic (exact) mass is 533 g/mol. The van der Waals surface area contributed by atoms with Gasteiger partial charge in [0, 0.05) is 13.3 Å². The predicted octanol–water partition coefficient (Wildman–Crippen LogP) is -2.89. The maximum Gasteiger partial charge on any atom is 0.305 e. The first-order chi connectivity index (χ1) is 16.8. The average Bonchev–Trinajstić information content (AvgIpc) is 2.76. The van der Waals surface area contributed by atoms with E-state index in [-0.39, 0.29) is 25.5 Å². The van der Waals surface area contributed by atoms with E-state index < -0.39 is 78.5 Å². The summed E-state index contributed by atoms with van der Waals surface area (Å²) in [7, 11) is 0. The molecule has 0 saturated carbocycles. The van der Waals surface area contributed by atoms with Crippen molar-refractivity contribution in [2.75, 3.05) is 12.0 Å². The Morgan fingerprint density at radius 2 is 1.31 bits per heavy atom. The number of nitrogens with two attached hydrogens (primary N) is 1. The van der Waals surface area contributed by atoms with Crippen molar-refractivity contribution in [3.05, 3.63) is 0 Å². The van der Waals surface area contributed by atoms with Crippen LogP contribution in [0.3, 0.4) is 0 Å². The van der Waals surface area contributed by atoms with Crippen molar-refractivity contribution in [2.45, 2.75) is 63.2 Å². The van der Waals surface area contributed by atoms with Crippen LogP contribution in [0.5, 0.6) is 0 Å². The summed E-state index contributed by atoms with van der Waals surface area (Å²) in [5.74, 6) is -6.61. The van der Waals surface area contributed by atoms with Crippen LogP contribution < -0.4 is 27.0 Å². The van der Waals surface area contributed by atoms with Gasteiger partial charge in [0.25, 0.3) is 0 Å². The molecule has 0 aromatic rings. The van der Waals surface area contributed by atoms with Crippen LogP contribution in [0.4, 0.5) is 0 Å². The van der Waals surface area contributed by atoms with Gasteiger partial charge in [-0.25, -0.2) is 0 Å². The van der Waals surface area contributed by atoms with Crippen molar-refractivity contribution >= 4 is 59.5 Å². The lowest BCUT2D eigenvalue weighted by molar-refractivity contribution is -0.141. The molecular weight excluding hydrogens is 502 g/mol. The zero-order chi connectivity index (χ0) is 27.8. The molecule has 0 aliphatic carbocycles. The van der Waals surface area contributed by atoms with Gasteiger partial charge in [-0.2, -0.15) is 11.8 Å². The smallest absolute Gasteiger partial charge is 0.305 e. The number of thioether (sulfide) groups is 1. The number of rotatable bonds is 18. The molecule has 0 spiro atoms. The Bertz CT molecular complexity index is 837. The predicted molar refractivity (Wildman–Crippen MR) is 125 cm³/mol. The molecule has 36 heavy (non-hydrogen) atoms.